The van der Waals surface area contributed by atoms with Crippen LogP contribution in [0.25, 0.3) is 11.1 Å². The molecule has 136 valence electrons. The summed E-state index contributed by atoms with van der Waals surface area (Å²) in [5, 5.41) is 9.24. The number of nitrogens with zero attached hydrogens (tertiary/aromatic N) is 2. The van der Waals surface area contributed by atoms with Crippen LogP contribution in [0, 0.1) is 5.82 Å². The molecule has 0 amide bonds. The second-order valence-electron chi connectivity index (χ2n) is 6.63. The van der Waals surface area contributed by atoms with Gasteiger partial charge in [-0.15, -0.1) is 0 Å². The van der Waals surface area contributed by atoms with Crippen molar-refractivity contribution in [1.82, 2.24) is 9.97 Å². The van der Waals surface area contributed by atoms with E-state index in [9.17, 15) is 9.50 Å². The van der Waals surface area contributed by atoms with Crippen molar-refractivity contribution in [3.63, 3.8) is 0 Å². The predicted molar refractivity (Wildman–Crippen MR) is 100 cm³/mol. The first-order valence-corrected chi connectivity index (χ1v) is 9.50. The topological polar surface area (TPSA) is 46.0 Å². The van der Waals surface area contributed by atoms with Crippen molar-refractivity contribution in [2.45, 2.75) is 71.1 Å². The Balaban J connectivity index is 1.67. The van der Waals surface area contributed by atoms with E-state index < -0.39 is 5.82 Å². The average Bonchev–Trinajstić information content (AvgIpc) is 2.63. The maximum atomic E-state index is 13.4. The number of aryl methyl sites for hydroxylation is 1. The van der Waals surface area contributed by atoms with E-state index in [1.165, 1.54) is 63.5 Å². The highest BCUT2D eigenvalue weighted by Gasteiger charge is 2.05. The standard InChI is InChI=1S/C21H29FN2O/c1-2-3-4-5-6-7-8-9-10-11-21-23-15-18(16-24-21)17-12-13-20(25)19(22)14-17/h12-16,25H,2-11H2,1H3. The van der Waals surface area contributed by atoms with Crippen molar-refractivity contribution < 1.29 is 9.50 Å². The van der Waals surface area contributed by atoms with Gasteiger partial charge in [0.05, 0.1) is 0 Å². The maximum Gasteiger partial charge on any atom is 0.165 e. The van der Waals surface area contributed by atoms with Crippen LogP contribution in [0.4, 0.5) is 4.39 Å². The van der Waals surface area contributed by atoms with Crippen LogP contribution < -0.4 is 0 Å². The molecule has 25 heavy (non-hydrogen) atoms. The summed E-state index contributed by atoms with van der Waals surface area (Å²) >= 11 is 0. The first-order chi connectivity index (χ1) is 12.2. The summed E-state index contributed by atoms with van der Waals surface area (Å²) < 4.78 is 13.4. The minimum Gasteiger partial charge on any atom is -0.505 e. The van der Waals surface area contributed by atoms with Crippen molar-refractivity contribution in [3.8, 4) is 16.9 Å². The molecule has 0 radical (unpaired) electrons. The minimum absolute atomic E-state index is 0.341. The summed E-state index contributed by atoms with van der Waals surface area (Å²) in [6, 6.07) is 4.31. The fourth-order valence-corrected chi connectivity index (χ4v) is 2.91. The third kappa shape index (κ3) is 6.81. The van der Waals surface area contributed by atoms with Crippen molar-refractivity contribution in [2.75, 3.05) is 0 Å². The number of phenolic OH excluding ortho intramolecular Hbond substituents is 1. The quantitative estimate of drug-likeness (QED) is 0.504. The minimum atomic E-state index is -0.628. The molecule has 0 unspecified atom stereocenters. The predicted octanol–water partition coefficient (Wildman–Crippen LogP) is 6.06. The van der Waals surface area contributed by atoms with Crippen LogP contribution in [-0.2, 0) is 6.42 Å². The molecule has 0 aliphatic carbocycles. The molecule has 3 nitrogen and oxygen atoms in total. The third-order valence-corrected chi connectivity index (χ3v) is 4.49. The van der Waals surface area contributed by atoms with Gasteiger partial charge in [-0.25, -0.2) is 14.4 Å². The molecule has 2 aromatic rings. The summed E-state index contributed by atoms with van der Waals surface area (Å²) in [7, 11) is 0. The molecule has 0 fully saturated rings. The van der Waals surface area contributed by atoms with E-state index in [4.69, 9.17) is 0 Å². The van der Waals surface area contributed by atoms with Gasteiger partial charge in [-0.2, -0.15) is 0 Å². The number of aromatic nitrogens is 2. The molecule has 0 aliphatic heterocycles. The highest BCUT2D eigenvalue weighted by molar-refractivity contribution is 5.62. The molecule has 0 saturated carbocycles. The van der Waals surface area contributed by atoms with Gasteiger partial charge < -0.3 is 5.11 Å². The Hall–Kier alpha value is -1.97. The molecule has 1 aromatic carbocycles. The first kappa shape index (κ1) is 19.4. The van der Waals surface area contributed by atoms with E-state index in [1.807, 2.05) is 0 Å². The number of hydrogen-bond acceptors (Lipinski definition) is 3. The van der Waals surface area contributed by atoms with Crippen LogP contribution in [-0.4, -0.2) is 15.1 Å². The van der Waals surface area contributed by atoms with E-state index in [2.05, 4.69) is 16.9 Å². The first-order valence-electron chi connectivity index (χ1n) is 9.50. The van der Waals surface area contributed by atoms with Gasteiger partial charge in [0, 0.05) is 24.4 Å². The summed E-state index contributed by atoms with van der Waals surface area (Å²) in [4.78, 5) is 8.76. The Kier molecular flexibility index (Phi) is 8.36. The lowest BCUT2D eigenvalue weighted by molar-refractivity contribution is 0.432. The number of aromatic hydroxyl groups is 1. The Morgan fingerprint density at radius 3 is 2.04 bits per heavy atom. The number of phenols is 1. The molecule has 1 N–H and O–H groups in total. The zero-order valence-electron chi connectivity index (χ0n) is 15.2. The van der Waals surface area contributed by atoms with Crippen LogP contribution >= 0.6 is 0 Å². The Bertz CT molecular complexity index is 628. The second-order valence-corrected chi connectivity index (χ2v) is 6.63. The number of rotatable bonds is 11. The van der Waals surface area contributed by atoms with Gasteiger partial charge in [-0.05, 0) is 24.1 Å². The number of unbranched alkanes of at least 4 members (excludes halogenated alkanes) is 8. The molecular weight excluding hydrogens is 315 g/mol. The summed E-state index contributed by atoms with van der Waals surface area (Å²) in [5.74, 6) is -0.131. The number of hydrogen-bond donors (Lipinski definition) is 1. The molecule has 0 atom stereocenters. The fourth-order valence-electron chi connectivity index (χ4n) is 2.91. The number of halogens is 1. The lowest BCUT2D eigenvalue weighted by atomic mass is 10.1. The van der Waals surface area contributed by atoms with Gasteiger partial charge in [0.15, 0.2) is 11.6 Å². The molecule has 4 heteroatoms. The third-order valence-electron chi connectivity index (χ3n) is 4.49. The average molecular weight is 344 g/mol. The molecule has 2 rings (SSSR count). The maximum absolute atomic E-state index is 13.4. The lowest BCUT2D eigenvalue weighted by Crippen LogP contribution is -1.95. The van der Waals surface area contributed by atoms with E-state index in [1.54, 1.807) is 18.5 Å². The van der Waals surface area contributed by atoms with Gasteiger partial charge >= 0.3 is 0 Å². The summed E-state index contributed by atoms with van der Waals surface area (Å²) in [6.45, 7) is 2.25. The number of benzene rings is 1. The van der Waals surface area contributed by atoms with Gasteiger partial charge in [0.1, 0.15) is 5.82 Å². The van der Waals surface area contributed by atoms with E-state index in [-0.39, 0.29) is 5.75 Å². The van der Waals surface area contributed by atoms with Gasteiger partial charge in [0.2, 0.25) is 0 Å². The van der Waals surface area contributed by atoms with Crippen LogP contribution in [0.15, 0.2) is 30.6 Å². The monoisotopic (exact) mass is 344 g/mol. The van der Waals surface area contributed by atoms with Crippen molar-refractivity contribution >= 4 is 0 Å². The summed E-state index contributed by atoms with van der Waals surface area (Å²) in [6.07, 6.45) is 16.1. The zero-order chi connectivity index (χ0) is 17.9. The highest BCUT2D eigenvalue weighted by Crippen LogP contribution is 2.23. The van der Waals surface area contributed by atoms with Crippen molar-refractivity contribution in [1.29, 1.82) is 0 Å². The lowest BCUT2D eigenvalue weighted by Gasteiger charge is -2.05. The molecule has 1 aromatic heterocycles. The highest BCUT2D eigenvalue weighted by atomic mass is 19.1. The SMILES string of the molecule is CCCCCCCCCCCc1ncc(-c2ccc(O)c(F)c2)cn1. The van der Waals surface area contributed by atoms with Crippen molar-refractivity contribution in [2.24, 2.45) is 0 Å². The molecule has 1 heterocycles. The summed E-state index contributed by atoms with van der Waals surface area (Å²) in [5.41, 5.74) is 1.43. The van der Waals surface area contributed by atoms with Crippen LogP contribution in [0.3, 0.4) is 0 Å². The molecule has 0 spiro atoms. The Morgan fingerprint density at radius 1 is 0.840 bits per heavy atom. The Labute approximate surface area is 150 Å². The van der Waals surface area contributed by atoms with Gasteiger partial charge in [0.25, 0.3) is 0 Å². The molecule has 0 saturated heterocycles. The van der Waals surface area contributed by atoms with Gasteiger partial charge in [-0.1, -0.05) is 64.4 Å². The fraction of sp³-hybridized carbons (Fsp3) is 0.524. The molecule has 0 bridgehead atoms. The molecular formula is C21H29FN2O. The zero-order valence-corrected chi connectivity index (χ0v) is 15.2. The van der Waals surface area contributed by atoms with Gasteiger partial charge in [-0.3, -0.25) is 0 Å². The second kappa shape index (κ2) is 10.8. The van der Waals surface area contributed by atoms with E-state index >= 15 is 0 Å². The smallest absolute Gasteiger partial charge is 0.165 e. The molecule has 0 aliphatic rings. The van der Waals surface area contributed by atoms with E-state index in [0.29, 0.717) is 5.56 Å². The normalized spacial score (nSPS) is 11.0. The van der Waals surface area contributed by atoms with Crippen LogP contribution in [0.5, 0.6) is 5.75 Å². The largest absolute Gasteiger partial charge is 0.505 e. The van der Waals surface area contributed by atoms with Crippen LogP contribution in [0.1, 0.15) is 70.5 Å². The Morgan fingerprint density at radius 2 is 1.44 bits per heavy atom. The van der Waals surface area contributed by atoms with Crippen molar-refractivity contribution in [3.05, 3.63) is 42.2 Å². The van der Waals surface area contributed by atoms with E-state index in [0.717, 1.165) is 24.2 Å². The van der Waals surface area contributed by atoms with Crippen LogP contribution in [0.2, 0.25) is 0 Å².